The van der Waals surface area contributed by atoms with E-state index < -0.39 is 0 Å². The molecule has 1 heterocycles. The van der Waals surface area contributed by atoms with Crippen LogP contribution in [0.1, 0.15) is 35.3 Å². The summed E-state index contributed by atoms with van der Waals surface area (Å²) in [6, 6.07) is 11.0. The Labute approximate surface area is 130 Å². The Bertz CT molecular complexity index is 651. The number of nitrogens with zero attached hydrogens (tertiary/aromatic N) is 1. The maximum atomic E-state index is 12.4. The van der Waals surface area contributed by atoms with Crippen molar-refractivity contribution >= 4 is 11.7 Å². The number of ketones is 1. The smallest absolute Gasteiger partial charge is 0.251 e. The molecule has 1 N–H and O–H groups in total. The highest BCUT2D eigenvalue weighted by atomic mass is 16.1. The SMILES string of the molecule is CC(C)C(=O)Cc1ccccc1C(=O)NCc1ccncc1. The highest BCUT2D eigenvalue weighted by molar-refractivity contribution is 5.97. The summed E-state index contributed by atoms with van der Waals surface area (Å²) in [5.41, 5.74) is 2.32. The van der Waals surface area contributed by atoms with Crippen molar-refractivity contribution in [3.8, 4) is 0 Å². The van der Waals surface area contributed by atoms with Crippen LogP contribution in [0.4, 0.5) is 0 Å². The van der Waals surface area contributed by atoms with Crippen molar-refractivity contribution in [2.75, 3.05) is 0 Å². The van der Waals surface area contributed by atoms with Crippen molar-refractivity contribution in [2.45, 2.75) is 26.8 Å². The molecule has 1 amide bonds. The Morgan fingerprint density at radius 3 is 2.45 bits per heavy atom. The normalized spacial score (nSPS) is 10.5. The first-order valence-electron chi connectivity index (χ1n) is 7.35. The number of hydrogen-bond donors (Lipinski definition) is 1. The summed E-state index contributed by atoms with van der Waals surface area (Å²) in [6.07, 6.45) is 3.67. The molecule has 2 rings (SSSR count). The van der Waals surface area contributed by atoms with E-state index in [2.05, 4.69) is 10.3 Å². The minimum atomic E-state index is -0.163. The summed E-state index contributed by atoms with van der Waals surface area (Å²) in [5, 5.41) is 2.88. The van der Waals surface area contributed by atoms with Crippen molar-refractivity contribution in [3.63, 3.8) is 0 Å². The number of Topliss-reactive ketones (excluding diaryl/α,β-unsaturated/α-hetero) is 1. The summed E-state index contributed by atoms with van der Waals surface area (Å²) in [4.78, 5) is 28.2. The molecule has 0 aliphatic carbocycles. The third-order valence-electron chi connectivity index (χ3n) is 3.47. The van der Waals surface area contributed by atoms with Crippen LogP contribution < -0.4 is 5.32 Å². The van der Waals surface area contributed by atoms with E-state index in [1.165, 1.54) is 0 Å². The minimum absolute atomic E-state index is 0.0343. The predicted octanol–water partition coefficient (Wildman–Crippen LogP) is 2.78. The van der Waals surface area contributed by atoms with Gasteiger partial charge >= 0.3 is 0 Å². The first kappa shape index (κ1) is 15.9. The topological polar surface area (TPSA) is 59.1 Å². The first-order chi connectivity index (χ1) is 10.6. The van der Waals surface area contributed by atoms with Crippen LogP contribution in [0.15, 0.2) is 48.8 Å². The molecule has 0 saturated carbocycles. The highest BCUT2D eigenvalue weighted by Crippen LogP contribution is 2.12. The molecule has 22 heavy (non-hydrogen) atoms. The molecule has 1 aromatic carbocycles. The average molecular weight is 296 g/mol. The molecule has 2 aromatic rings. The van der Waals surface area contributed by atoms with Crippen molar-refractivity contribution < 1.29 is 9.59 Å². The van der Waals surface area contributed by atoms with Crippen molar-refractivity contribution in [3.05, 3.63) is 65.5 Å². The van der Waals surface area contributed by atoms with Gasteiger partial charge in [-0.2, -0.15) is 0 Å². The Kier molecular flexibility index (Phi) is 5.42. The van der Waals surface area contributed by atoms with E-state index >= 15 is 0 Å². The van der Waals surface area contributed by atoms with E-state index in [-0.39, 0.29) is 24.0 Å². The lowest BCUT2D eigenvalue weighted by Gasteiger charge is -2.11. The zero-order valence-corrected chi connectivity index (χ0v) is 12.9. The maximum absolute atomic E-state index is 12.4. The monoisotopic (exact) mass is 296 g/mol. The number of hydrogen-bond acceptors (Lipinski definition) is 3. The molecule has 1 aromatic heterocycles. The van der Waals surface area contributed by atoms with Crippen molar-refractivity contribution in [1.29, 1.82) is 0 Å². The van der Waals surface area contributed by atoms with Gasteiger partial charge in [-0.25, -0.2) is 0 Å². The molecule has 0 spiro atoms. The molecule has 0 radical (unpaired) electrons. The number of amides is 1. The van der Waals surface area contributed by atoms with Gasteiger partial charge in [-0.1, -0.05) is 32.0 Å². The Balaban J connectivity index is 2.07. The zero-order valence-electron chi connectivity index (χ0n) is 12.9. The van der Waals surface area contributed by atoms with E-state index in [0.717, 1.165) is 11.1 Å². The van der Waals surface area contributed by atoms with Gasteiger partial charge in [-0.15, -0.1) is 0 Å². The summed E-state index contributed by atoms with van der Waals surface area (Å²) in [6.45, 7) is 4.18. The van der Waals surface area contributed by atoms with Crippen LogP contribution in [0.2, 0.25) is 0 Å². The fraction of sp³-hybridized carbons (Fsp3) is 0.278. The van der Waals surface area contributed by atoms with E-state index in [0.29, 0.717) is 12.1 Å². The molecule has 4 heteroatoms. The van der Waals surface area contributed by atoms with Crippen LogP contribution in [0.25, 0.3) is 0 Å². The predicted molar refractivity (Wildman–Crippen MR) is 85.4 cm³/mol. The van der Waals surface area contributed by atoms with Gasteiger partial charge in [0.25, 0.3) is 5.91 Å². The number of pyridine rings is 1. The molecule has 0 fully saturated rings. The van der Waals surface area contributed by atoms with Gasteiger partial charge in [0.15, 0.2) is 0 Å². The fourth-order valence-electron chi connectivity index (χ4n) is 2.07. The molecule has 4 nitrogen and oxygen atoms in total. The van der Waals surface area contributed by atoms with Gasteiger partial charge < -0.3 is 5.32 Å². The largest absolute Gasteiger partial charge is 0.348 e. The van der Waals surface area contributed by atoms with Gasteiger partial charge in [0.1, 0.15) is 5.78 Å². The molecule has 0 bridgehead atoms. The summed E-state index contributed by atoms with van der Waals surface area (Å²) in [5.74, 6) is -0.0636. The van der Waals surface area contributed by atoms with E-state index in [1.54, 1.807) is 18.5 Å². The van der Waals surface area contributed by atoms with Crippen LogP contribution in [-0.4, -0.2) is 16.7 Å². The minimum Gasteiger partial charge on any atom is -0.348 e. The highest BCUT2D eigenvalue weighted by Gasteiger charge is 2.15. The van der Waals surface area contributed by atoms with E-state index in [4.69, 9.17) is 0 Å². The van der Waals surface area contributed by atoms with E-state index in [9.17, 15) is 9.59 Å². The first-order valence-corrected chi connectivity index (χ1v) is 7.35. The summed E-state index contributed by atoms with van der Waals surface area (Å²) >= 11 is 0. The second-order valence-electron chi connectivity index (χ2n) is 5.49. The average Bonchev–Trinajstić information content (AvgIpc) is 2.54. The number of carbonyl (C=O) groups is 2. The Hall–Kier alpha value is -2.49. The summed E-state index contributed by atoms with van der Waals surface area (Å²) in [7, 11) is 0. The molecule has 0 unspecified atom stereocenters. The van der Waals surface area contributed by atoms with Crippen LogP contribution in [0, 0.1) is 5.92 Å². The number of benzene rings is 1. The Morgan fingerprint density at radius 1 is 1.09 bits per heavy atom. The van der Waals surface area contributed by atoms with Crippen LogP contribution in [-0.2, 0) is 17.8 Å². The molecule has 0 saturated heterocycles. The number of nitrogens with one attached hydrogen (secondary N) is 1. The lowest BCUT2D eigenvalue weighted by molar-refractivity contribution is -0.121. The maximum Gasteiger partial charge on any atom is 0.251 e. The summed E-state index contributed by atoms with van der Waals surface area (Å²) < 4.78 is 0. The van der Waals surface area contributed by atoms with E-state index in [1.807, 2.05) is 44.2 Å². The molecule has 0 aliphatic heterocycles. The van der Waals surface area contributed by atoms with Crippen LogP contribution >= 0.6 is 0 Å². The van der Waals surface area contributed by atoms with Crippen molar-refractivity contribution in [2.24, 2.45) is 5.92 Å². The lowest BCUT2D eigenvalue weighted by Crippen LogP contribution is -2.25. The van der Waals surface area contributed by atoms with Gasteiger partial charge in [-0.3, -0.25) is 14.6 Å². The second kappa shape index (κ2) is 7.50. The quantitative estimate of drug-likeness (QED) is 0.891. The van der Waals surface area contributed by atoms with Gasteiger partial charge in [0, 0.05) is 36.8 Å². The van der Waals surface area contributed by atoms with Gasteiger partial charge in [0.05, 0.1) is 0 Å². The third-order valence-corrected chi connectivity index (χ3v) is 3.47. The van der Waals surface area contributed by atoms with Gasteiger partial charge in [-0.05, 0) is 29.3 Å². The molecule has 0 atom stereocenters. The molecule has 0 aliphatic rings. The molecular formula is C18H20N2O2. The lowest BCUT2D eigenvalue weighted by atomic mass is 9.97. The molecular weight excluding hydrogens is 276 g/mol. The Morgan fingerprint density at radius 2 is 1.77 bits per heavy atom. The standard InChI is InChI=1S/C18H20N2O2/c1-13(2)17(21)11-15-5-3-4-6-16(15)18(22)20-12-14-7-9-19-10-8-14/h3-10,13H,11-12H2,1-2H3,(H,20,22). The number of rotatable bonds is 6. The third kappa shape index (κ3) is 4.25. The number of carbonyl (C=O) groups excluding carboxylic acids is 2. The van der Waals surface area contributed by atoms with Crippen molar-refractivity contribution in [1.82, 2.24) is 10.3 Å². The van der Waals surface area contributed by atoms with Crippen LogP contribution in [0.3, 0.4) is 0 Å². The zero-order chi connectivity index (χ0) is 15.9. The van der Waals surface area contributed by atoms with Gasteiger partial charge in [0.2, 0.25) is 0 Å². The fourth-order valence-corrected chi connectivity index (χ4v) is 2.07. The van der Waals surface area contributed by atoms with Crippen LogP contribution in [0.5, 0.6) is 0 Å². The number of aromatic nitrogens is 1. The molecule has 114 valence electrons. The second-order valence-corrected chi connectivity index (χ2v) is 5.49.